The molecule has 0 saturated carbocycles. The van der Waals surface area contributed by atoms with Gasteiger partial charge in [0.15, 0.2) is 0 Å². The molecule has 0 aromatic heterocycles. The summed E-state index contributed by atoms with van der Waals surface area (Å²) in [5.74, 6) is -0.745. The second-order valence-corrected chi connectivity index (χ2v) is 7.51. The first-order valence-corrected chi connectivity index (χ1v) is 10.9. The van der Waals surface area contributed by atoms with Gasteiger partial charge in [0, 0.05) is 45.3 Å². The van der Waals surface area contributed by atoms with Crippen LogP contribution in [0.25, 0.3) is 0 Å². The fourth-order valence-electron chi connectivity index (χ4n) is 2.42. The topological polar surface area (TPSA) is 151 Å². The number of nitrogens with zero attached hydrogens (tertiary/aromatic N) is 2. The minimum atomic E-state index is -0.514. The minimum Gasteiger partial charge on any atom is -0.453 e. The van der Waals surface area contributed by atoms with Crippen LogP contribution in [0.4, 0.5) is 9.59 Å². The van der Waals surface area contributed by atoms with E-state index in [-0.39, 0.29) is 48.6 Å². The Balaban J connectivity index is 0. The Labute approximate surface area is 206 Å². The van der Waals surface area contributed by atoms with Crippen LogP contribution in [-0.4, -0.2) is 92.4 Å². The molecule has 1 rings (SSSR count). The van der Waals surface area contributed by atoms with Crippen molar-refractivity contribution in [1.82, 2.24) is 20.4 Å². The lowest BCUT2D eigenvalue weighted by Crippen LogP contribution is -2.50. The van der Waals surface area contributed by atoms with Crippen LogP contribution in [0, 0.1) is 0 Å². The van der Waals surface area contributed by atoms with E-state index in [4.69, 9.17) is 0 Å². The van der Waals surface area contributed by atoms with Gasteiger partial charge in [-0.15, -0.1) is 0 Å². The van der Waals surface area contributed by atoms with Crippen molar-refractivity contribution in [2.24, 2.45) is 0 Å². The molecule has 0 aromatic rings. The third kappa shape index (κ3) is 15.7. The Hall–Kier alpha value is -3.70. The minimum absolute atomic E-state index is 0.0255. The van der Waals surface area contributed by atoms with Gasteiger partial charge in [0.2, 0.25) is 5.91 Å². The Bertz CT molecular complexity index is 761. The molecule has 12 heteroatoms. The molecule has 198 valence electrons. The molecule has 0 radical (unpaired) electrons. The quantitative estimate of drug-likeness (QED) is 0.358. The predicted octanol–water partition coefficient (Wildman–Crippen LogP) is 1.41. The highest BCUT2D eigenvalue weighted by Crippen LogP contribution is 2.04. The monoisotopic (exact) mass is 498 g/mol. The number of methoxy groups -OCH3 is 2. The van der Waals surface area contributed by atoms with Gasteiger partial charge in [-0.3, -0.25) is 24.1 Å². The summed E-state index contributed by atoms with van der Waals surface area (Å²) >= 11 is 0. The Kier molecular flexibility index (Phi) is 17.9. The highest BCUT2D eigenvalue weighted by molar-refractivity contribution is 6.13. The number of carbonyl (C=O) groups is 6. The molecule has 0 saturated heterocycles. The van der Waals surface area contributed by atoms with Crippen LogP contribution >= 0.6 is 0 Å². The van der Waals surface area contributed by atoms with E-state index in [0.717, 1.165) is 17.7 Å². The third-order valence-corrected chi connectivity index (χ3v) is 4.43. The summed E-state index contributed by atoms with van der Waals surface area (Å²) in [5, 5.41) is 5.28. The lowest BCUT2D eigenvalue weighted by atomic mass is 10.1. The number of hydrogen-bond donors (Lipinski definition) is 2. The summed E-state index contributed by atoms with van der Waals surface area (Å²) in [6.45, 7) is 8.71. The molecular weight excluding hydrogens is 460 g/mol. The molecule has 1 aliphatic heterocycles. The molecule has 0 aromatic carbocycles. The zero-order valence-corrected chi connectivity index (χ0v) is 21.6. The second-order valence-electron chi connectivity index (χ2n) is 7.51. The maximum Gasteiger partial charge on any atom is 0.407 e. The smallest absolute Gasteiger partial charge is 0.407 e. The van der Waals surface area contributed by atoms with E-state index in [1.54, 1.807) is 21.0 Å². The molecule has 35 heavy (non-hydrogen) atoms. The summed E-state index contributed by atoms with van der Waals surface area (Å²) in [4.78, 5) is 67.3. The fourth-order valence-corrected chi connectivity index (χ4v) is 2.42. The molecule has 0 fully saturated rings. The van der Waals surface area contributed by atoms with Crippen LogP contribution in [0.5, 0.6) is 0 Å². The maximum atomic E-state index is 11.1. The van der Waals surface area contributed by atoms with Gasteiger partial charge in [-0.1, -0.05) is 19.9 Å². The normalized spacial score (nSPS) is 13.2. The molecule has 1 aliphatic rings. The molecule has 5 amide bonds. The van der Waals surface area contributed by atoms with Crippen molar-refractivity contribution in [3.05, 3.63) is 24.8 Å². The summed E-state index contributed by atoms with van der Waals surface area (Å²) in [5.41, 5.74) is 0. The van der Waals surface area contributed by atoms with Gasteiger partial charge in [-0.05, 0) is 26.3 Å². The van der Waals surface area contributed by atoms with Crippen LogP contribution in [0.3, 0.4) is 0 Å². The molecular formula is C23H38N4O8. The number of rotatable bonds is 9. The summed E-state index contributed by atoms with van der Waals surface area (Å²) in [6.07, 6.45) is 4.56. The summed E-state index contributed by atoms with van der Waals surface area (Å²) in [6, 6.07) is -0.386. The van der Waals surface area contributed by atoms with Gasteiger partial charge in [-0.2, -0.15) is 0 Å². The molecule has 0 bridgehead atoms. The van der Waals surface area contributed by atoms with Gasteiger partial charge in [-0.25, -0.2) is 9.59 Å². The number of ether oxygens (including phenoxy) is 2. The van der Waals surface area contributed by atoms with Gasteiger partial charge in [0.1, 0.15) is 5.78 Å². The first-order valence-electron chi connectivity index (χ1n) is 10.9. The number of ketones is 1. The van der Waals surface area contributed by atoms with E-state index in [2.05, 4.69) is 26.7 Å². The van der Waals surface area contributed by atoms with Crippen molar-refractivity contribution in [3.63, 3.8) is 0 Å². The number of amides is 5. The highest BCUT2D eigenvalue weighted by atomic mass is 16.5. The third-order valence-electron chi connectivity index (χ3n) is 4.43. The lowest BCUT2D eigenvalue weighted by molar-refractivity contribution is -0.137. The SMILES string of the molecule is C=CC(=O)N(C)C.CC(=O)CCN1C(=O)C=CC1=O.CCCC(NC(=O)OC)C(C)NC(=O)OC. The molecule has 1 heterocycles. The Morgan fingerprint density at radius 1 is 1.06 bits per heavy atom. The van der Waals surface area contributed by atoms with Crippen LogP contribution in [-0.2, 0) is 28.7 Å². The van der Waals surface area contributed by atoms with Crippen LogP contribution < -0.4 is 10.6 Å². The Morgan fingerprint density at radius 3 is 1.89 bits per heavy atom. The van der Waals surface area contributed by atoms with Crippen molar-refractivity contribution in [2.75, 3.05) is 34.9 Å². The van der Waals surface area contributed by atoms with E-state index in [9.17, 15) is 28.8 Å². The van der Waals surface area contributed by atoms with Crippen LogP contribution in [0.2, 0.25) is 0 Å². The zero-order valence-electron chi connectivity index (χ0n) is 21.6. The summed E-state index contributed by atoms with van der Waals surface area (Å²) < 4.78 is 9.00. The average molecular weight is 499 g/mol. The fraction of sp³-hybridized carbons (Fsp3) is 0.565. The van der Waals surface area contributed by atoms with Gasteiger partial charge in [0.05, 0.1) is 20.3 Å². The van der Waals surface area contributed by atoms with Gasteiger partial charge >= 0.3 is 12.2 Å². The van der Waals surface area contributed by atoms with Crippen molar-refractivity contribution < 1.29 is 38.2 Å². The molecule has 2 N–H and O–H groups in total. The number of likely N-dealkylation sites (N-methyl/N-ethyl adjacent to an activating group) is 1. The number of imide groups is 1. The standard InChI is InChI=1S/C10H20N2O4.C8H9NO3.C5H9NO/c1-5-6-8(12-10(14)16-4)7(2)11-9(13)15-3;1-6(10)4-5-9-7(11)2-3-8(9)12;1-4-5(7)6(2)3/h7-8H,5-6H2,1-4H3,(H,11,13)(H,12,14);2-3H,4-5H2,1H3;4H,1H2,2-3H3. The first-order chi connectivity index (χ1) is 16.3. The van der Waals surface area contributed by atoms with E-state index in [0.29, 0.717) is 0 Å². The molecule has 0 spiro atoms. The van der Waals surface area contributed by atoms with Crippen molar-refractivity contribution in [3.8, 4) is 0 Å². The van der Waals surface area contributed by atoms with E-state index in [1.165, 1.54) is 44.3 Å². The molecule has 2 unspecified atom stereocenters. The van der Waals surface area contributed by atoms with Gasteiger partial charge in [0.25, 0.3) is 11.8 Å². The van der Waals surface area contributed by atoms with Crippen molar-refractivity contribution in [1.29, 1.82) is 0 Å². The summed E-state index contributed by atoms with van der Waals surface area (Å²) in [7, 11) is 5.97. The molecule has 12 nitrogen and oxygen atoms in total. The lowest BCUT2D eigenvalue weighted by Gasteiger charge is -2.24. The Morgan fingerprint density at radius 2 is 1.54 bits per heavy atom. The number of carbonyl (C=O) groups excluding carboxylic acids is 6. The van der Waals surface area contributed by atoms with Crippen LogP contribution in [0.15, 0.2) is 24.8 Å². The maximum absolute atomic E-state index is 11.1. The van der Waals surface area contributed by atoms with E-state index >= 15 is 0 Å². The number of nitrogens with one attached hydrogen (secondary N) is 2. The first kappa shape index (κ1) is 33.5. The number of Topliss-reactive ketones (excluding diaryl/α,β-unsaturated/α-hetero) is 1. The molecule has 0 aliphatic carbocycles. The average Bonchev–Trinajstić information content (AvgIpc) is 3.14. The largest absolute Gasteiger partial charge is 0.453 e. The zero-order chi connectivity index (χ0) is 27.6. The van der Waals surface area contributed by atoms with Crippen molar-refractivity contribution >= 4 is 35.7 Å². The number of alkyl carbamates (subject to hydrolysis) is 2. The second kappa shape index (κ2) is 18.7. The van der Waals surface area contributed by atoms with Crippen LogP contribution in [0.1, 0.15) is 40.0 Å². The number of hydrogen-bond acceptors (Lipinski definition) is 8. The molecule has 2 atom stereocenters. The van der Waals surface area contributed by atoms with Gasteiger partial charge < -0.3 is 25.0 Å². The predicted molar refractivity (Wildman–Crippen MR) is 129 cm³/mol. The van der Waals surface area contributed by atoms with Crippen molar-refractivity contribution in [2.45, 2.75) is 52.1 Å². The highest BCUT2D eigenvalue weighted by Gasteiger charge is 2.23. The van der Waals surface area contributed by atoms with E-state index < -0.39 is 12.2 Å². The van der Waals surface area contributed by atoms with E-state index in [1.807, 2.05) is 6.92 Å².